The van der Waals surface area contributed by atoms with Gasteiger partial charge in [0.25, 0.3) is 0 Å². The van der Waals surface area contributed by atoms with Crippen molar-refractivity contribution in [2.45, 2.75) is 19.7 Å². The lowest BCUT2D eigenvalue weighted by molar-refractivity contribution is -0.138. The Morgan fingerprint density at radius 2 is 1.80 bits per heavy atom. The summed E-state index contributed by atoms with van der Waals surface area (Å²) in [5, 5.41) is 0. The Hall–Kier alpha value is -2.17. The second kappa shape index (κ2) is 5.45. The third-order valence-electron chi connectivity index (χ3n) is 2.92. The van der Waals surface area contributed by atoms with E-state index >= 15 is 0 Å². The van der Waals surface area contributed by atoms with Crippen LogP contribution in [-0.4, -0.2) is 0 Å². The van der Waals surface area contributed by atoms with Gasteiger partial charge in [-0.15, -0.1) is 0 Å². The van der Waals surface area contributed by atoms with Crippen molar-refractivity contribution in [3.63, 3.8) is 0 Å². The molecule has 0 spiro atoms. The van der Waals surface area contributed by atoms with Gasteiger partial charge >= 0.3 is 6.18 Å². The fraction of sp³-hybridized carbons (Fsp3) is 0.200. The van der Waals surface area contributed by atoms with Crippen molar-refractivity contribution in [2.75, 3.05) is 5.73 Å². The van der Waals surface area contributed by atoms with E-state index in [2.05, 4.69) is 0 Å². The number of para-hydroxylation sites is 1. The summed E-state index contributed by atoms with van der Waals surface area (Å²) in [5.41, 5.74) is 5.67. The van der Waals surface area contributed by atoms with Gasteiger partial charge < -0.3 is 10.5 Å². The first-order valence-corrected chi connectivity index (χ1v) is 6.02. The number of nitrogens with two attached hydrogens (primary N) is 1. The molecule has 2 rings (SSSR count). The Bertz CT molecular complexity index is 608. The molecule has 0 aromatic heterocycles. The first-order valence-electron chi connectivity index (χ1n) is 6.02. The Morgan fingerprint density at radius 1 is 1.10 bits per heavy atom. The SMILES string of the molecule is Cc1ccccc1OCc1ccc(N)cc1C(F)(F)F. The Balaban J connectivity index is 2.24. The lowest BCUT2D eigenvalue weighted by Crippen LogP contribution is -2.11. The molecule has 0 radical (unpaired) electrons. The maximum atomic E-state index is 12.9. The van der Waals surface area contributed by atoms with Gasteiger partial charge in [-0.1, -0.05) is 24.3 Å². The summed E-state index contributed by atoms with van der Waals surface area (Å²) in [4.78, 5) is 0. The summed E-state index contributed by atoms with van der Waals surface area (Å²) in [6.07, 6.45) is -4.44. The maximum absolute atomic E-state index is 12.9. The molecule has 0 unspecified atom stereocenters. The van der Waals surface area contributed by atoms with Crippen LogP contribution in [0.4, 0.5) is 18.9 Å². The van der Waals surface area contributed by atoms with Crippen molar-refractivity contribution in [3.8, 4) is 5.75 Å². The van der Waals surface area contributed by atoms with Crippen molar-refractivity contribution in [2.24, 2.45) is 0 Å². The van der Waals surface area contributed by atoms with Crippen molar-refractivity contribution >= 4 is 5.69 Å². The van der Waals surface area contributed by atoms with E-state index in [1.54, 1.807) is 12.1 Å². The van der Waals surface area contributed by atoms with Crippen LogP contribution in [0.2, 0.25) is 0 Å². The quantitative estimate of drug-likeness (QED) is 0.857. The largest absolute Gasteiger partial charge is 0.489 e. The predicted octanol–water partition coefficient (Wildman–Crippen LogP) is 4.18. The van der Waals surface area contributed by atoms with Crippen molar-refractivity contribution in [3.05, 3.63) is 59.2 Å². The molecule has 0 aliphatic rings. The van der Waals surface area contributed by atoms with E-state index in [1.807, 2.05) is 19.1 Å². The normalized spacial score (nSPS) is 11.4. The van der Waals surface area contributed by atoms with Gasteiger partial charge in [-0.25, -0.2) is 0 Å². The minimum Gasteiger partial charge on any atom is -0.489 e. The van der Waals surface area contributed by atoms with Crippen molar-refractivity contribution in [1.82, 2.24) is 0 Å². The molecule has 0 atom stereocenters. The van der Waals surface area contributed by atoms with Crippen LogP contribution in [-0.2, 0) is 12.8 Å². The molecule has 20 heavy (non-hydrogen) atoms. The van der Waals surface area contributed by atoms with E-state index in [4.69, 9.17) is 10.5 Å². The first kappa shape index (κ1) is 14.2. The topological polar surface area (TPSA) is 35.2 Å². The van der Waals surface area contributed by atoms with E-state index in [9.17, 15) is 13.2 Å². The third kappa shape index (κ3) is 3.23. The lowest BCUT2D eigenvalue weighted by atomic mass is 10.1. The number of benzene rings is 2. The molecule has 5 heteroatoms. The zero-order chi connectivity index (χ0) is 14.8. The number of aryl methyl sites for hydroxylation is 1. The fourth-order valence-corrected chi connectivity index (χ4v) is 1.86. The summed E-state index contributed by atoms with van der Waals surface area (Å²) >= 11 is 0. The van der Waals surface area contributed by atoms with Crippen molar-refractivity contribution < 1.29 is 17.9 Å². The van der Waals surface area contributed by atoms with Crippen LogP contribution in [0.3, 0.4) is 0 Å². The smallest absolute Gasteiger partial charge is 0.416 e. The second-order valence-electron chi connectivity index (χ2n) is 4.47. The van der Waals surface area contributed by atoms with Crippen LogP contribution in [0.1, 0.15) is 16.7 Å². The summed E-state index contributed by atoms with van der Waals surface area (Å²) in [6, 6.07) is 10.9. The van der Waals surface area contributed by atoms with Crippen LogP contribution in [0.25, 0.3) is 0 Å². The zero-order valence-corrected chi connectivity index (χ0v) is 10.9. The molecule has 2 N–H and O–H groups in total. The van der Waals surface area contributed by atoms with Crippen LogP contribution in [0.5, 0.6) is 5.75 Å². The minimum absolute atomic E-state index is 0.0648. The number of halogens is 3. The molecule has 0 bridgehead atoms. The number of anilines is 1. The summed E-state index contributed by atoms with van der Waals surface area (Å²) in [7, 11) is 0. The average molecular weight is 281 g/mol. The van der Waals surface area contributed by atoms with Gasteiger partial charge in [0.15, 0.2) is 0 Å². The molecule has 0 saturated heterocycles. The predicted molar refractivity (Wildman–Crippen MR) is 71.4 cm³/mol. The zero-order valence-electron chi connectivity index (χ0n) is 10.9. The standard InChI is InChI=1S/C15H14F3NO/c1-10-4-2-3-5-14(10)20-9-11-6-7-12(19)8-13(11)15(16,17)18/h2-8H,9,19H2,1H3. The van der Waals surface area contributed by atoms with Gasteiger partial charge in [0.2, 0.25) is 0 Å². The maximum Gasteiger partial charge on any atom is 0.416 e. The molecular formula is C15H14F3NO. The molecule has 2 aromatic rings. The summed E-state index contributed by atoms with van der Waals surface area (Å²) in [6.45, 7) is 1.68. The highest BCUT2D eigenvalue weighted by Gasteiger charge is 2.33. The van der Waals surface area contributed by atoms with Gasteiger partial charge in [0, 0.05) is 11.3 Å². The lowest BCUT2D eigenvalue weighted by Gasteiger charge is -2.15. The summed E-state index contributed by atoms with van der Waals surface area (Å²) < 4.78 is 44.2. The molecule has 0 aliphatic heterocycles. The van der Waals surface area contributed by atoms with Gasteiger partial charge in [-0.3, -0.25) is 0 Å². The number of hydrogen-bond donors (Lipinski definition) is 1. The molecule has 0 aliphatic carbocycles. The van der Waals surface area contributed by atoms with Gasteiger partial charge in [0.05, 0.1) is 5.56 Å². The molecule has 0 saturated carbocycles. The fourth-order valence-electron chi connectivity index (χ4n) is 1.86. The monoisotopic (exact) mass is 281 g/mol. The van der Waals surface area contributed by atoms with E-state index in [0.717, 1.165) is 11.6 Å². The molecule has 0 amide bonds. The van der Waals surface area contributed by atoms with Crippen molar-refractivity contribution in [1.29, 1.82) is 0 Å². The van der Waals surface area contributed by atoms with E-state index < -0.39 is 11.7 Å². The van der Waals surface area contributed by atoms with E-state index in [1.165, 1.54) is 12.1 Å². The Kier molecular flexibility index (Phi) is 3.88. The second-order valence-corrected chi connectivity index (χ2v) is 4.47. The number of rotatable bonds is 3. The number of nitrogen functional groups attached to an aromatic ring is 1. The molecule has 0 fully saturated rings. The number of alkyl halides is 3. The molecule has 2 nitrogen and oxygen atoms in total. The summed E-state index contributed by atoms with van der Waals surface area (Å²) in [5.74, 6) is 0.567. The Labute approximate surface area is 115 Å². The molecular weight excluding hydrogens is 267 g/mol. The van der Waals surface area contributed by atoms with E-state index in [-0.39, 0.29) is 17.9 Å². The molecule has 0 heterocycles. The third-order valence-corrected chi connectivity index (χ3v) is 2.92. The minimum atomic E-state index is -4.44. The first-order chi connectivity index (χ1) is 9.38. The van der Waals surface area contributed by atoms with Crippen LogP contribution < -0.4 is 10.5 Å². The number of hydrogen-bond acceptors (Lipinski definition) is 2. The van der Waals surface area contributed by atoms with E-state index in [0.29, 0.717) is 5.75 Å². The van der Waals surface area contributed by atoms with Gasteiger partial charge in [0.1, 0.15) is 12.4 Å². The van der Waals surface area contributed by atoms with Gasteiger partial charge in [-0.05, 0) is 30.7 Å². The van der Waals surface area contributed by atoms with Crippen LogP contribution in [0.15, 0.2) is 42.5 Å². The average Bonchev–Trinajstić information content (AvgIpc) is 2.38. The molecule has 2 aromatic carbocycles. The molecule has 106 valence electrons. The highest BCUT2D eigenvalue weighted by molar-refractivity contribution is 5.46. The van der Waals surface area contributed by atoms with Crippen LogP contribution >= 0.6 is 0 Å². The highest BCUT2D eigenvalue weighted by atomic mass is 19.4. The van der Waals surface area contributed by atoms with Crippen LogP contribution in [0, 0.1) is 6.92 Å². The van der Waals surface area contributed by atoms with Gasteiger partial charge in [-0.2, -0.15) is 13.2 Å². The highest BCUT2D eigenvalue weighted by Crippen LogP contribution is 2.34. The number of ether oxygens (including phenoxy) is 1. The Morgan fingerprint density at radius 3 is 2.45 bits per heavy atom.